The summed E-state index contributed by atoms with van der Waals surface area (Å²) >= 11 is 6.11. The van der Waals surface area contributed by atoms with Crippen molar-refractivity contribution in [3.05, 3.63) is 71.5 Å². The summed E-state index contributed by atoms with van der Waals surface area (Å²) in [7, 11) is -0.638. The molecule has 0 aliphatic rings. The Hall–Kier alpha value is -3.10. The first-order valence-corrected chi connectivity index (χ1v) is 10.9. The minimum absolute atomic E-state index is 0.00394. The van der Waals surface area contributed by atoms with E-state index in [0.29, 0.717) is 27.4 Å². The van der Waals surface area contributed by atoms with Crippen LogP contribution in [-0.4, -0.2) is 44.6 Å². The molecule has 0 fully saturated rings. The molecule has 0 bridgehead atoms. The number of carbonyl (C=O) groups excluding carboxylic acids is 1. The van der Waals surface area contributed by atoms with Crippen molar-refractivity contribution in [3.63, 3.8) is 0 Å². The molecule has 3 aromatic rings. The third-order valence-corrected chi connectivity index (χ3v) is 5.81. The maximum atomic E-state index is 12.9. The standard InChI is InChI=1S/C21H21ClN4O3S/c1-26(2)14-24-30(28,29)20-12-17(7-8-18(20)16-9-10-23-13-16)25-21(27)11-15-5-3-4-6-19(15)22/h3-10,12-14,23H,11H2,1-2H3,(H,25,27)/b24-14+. The molecule has 30 heavy (non-hydrogen) atoms. The zero-order chi connectivity index (χ0) is 21.7. The van der Waals surface area contributed by atoms with Crippen LogP contribution in [0.5, 0.6) is 0 Å². The summed E-state index contributed by atoms with van der Waals surface area (Å²) in [4.78, 5) is 16.9. The van der Waals surface area contributed by atoms with Crippen LogP contribution in [0.15, 0.2) is 70.2 Å². The Morgan fingerprint density at radius 3 is 2.63 bits per heavy atom. The van der Waals surface area contributed by atoms with Crippen LogP contribution in [0.4, 0.5) is 5.69 Å². The van der Waals surface area contributed by atoms with Crippen molar-refractivity contribution in [2.45, 2.75) is 11.3 Å². The predicted molar refractivity (Wildman–Crippen MR) is 119 cm³/mol. The van der Waals surface area contributed by atoms with Crippen LogP contribution in [0.2, 0.25) is 5.02 Å². The number of hydrogen-bond acceptors (Lipinski definition) is 3. The molecule has 0 radical (unpaired) electrons. The van der Waals surface area contributed by atoms with Crippen LogP contribution in [-0.2, 0) is 21.2 Å². The minimum Gasteiger partial charge on any atom is -0.368 e. The Morgan fingerprint density at radius 2 is 1.97 bits per heavy atom. The van der Waals surface area contributed by atoms with Gasteiger partial charge < -0.3 is 15.2 Å². The van der Waals surface area contributed by atoms with E-state index in [1.807, 2.05) is 0 Å². The molecular weight excluding hydrogens is 424 g/mol. The largest absolute Gasteiger partial charge is 0.368 e. The molecule has 0 aliphatic carbocycles. The Labute approximate surface area is 180 Å². The van der Waals surface area contributed by atoms with Crippen molar-refractivity contribution in [1.82, 2.24) is 9.88 Å². The average molecular weight is 445 g/mol. The van der Waals surface area contributed by atoms with Crippen LogP contribution >= 0.6 is 11.6 Å². The van der Waals surface area contributed by atoms with Gasteiger partial charge in [-0.15, -0.1) is 4.40 Å². The predicted octanol–water partition coefficient (Wildman–Crippen LogP) is 3.79. The summed E-state index contributed by atoms with van der Waals surface area (Å²) < 4.78 is 29.5. The molecule has 0 saturated heterocycles. The Balaban J connectivity index is 1.93. The van der Waals surface area contributed by atoms with Crippen LogP contribution in [0.3, 0.4) is 0 Å². The Morgan fingerprint density at radius 1 is 1.20 bits per heavy atom. The van der Waals surface area contributed by atoms with Gasteiger partial charge in [0.05, 0.1) is 11.3 Å². The van der Waals surface area contributed by atoms with Crippen LogP contribution < -0.4 is 5.32 Å². The average Bonchev–Trinajstić information content (AvgIpc) is 3.23. The summed E-state index contributed by atoms with van der Waals surface area (Å²) in [6.07, 6.45) is 4.69. The van der Waals surface area contributed by atoms with Gasteiger partial charge in [0.1, 0.15) is 6.34 Å². The highest BCUT2D eigenvalue weighted by Crippen LogP contribution is 2.31. The summed E-state index contributed by atoms with van der Waals surface area (Å²) in [5, 5.41) is 3.23. The molecule has 1 heterocycles. The van der Waals surface area contributed by atoms with Crippen LogP contribution in [0, 0.1) is 0 Å². The van der Waals surface area contributed by atoms with Gasteiger partial charge in [0.2, 0.25) is 5.91 Å². The highest BCUT2D eigenvalue weighted by Gasteiger charge is 2.20. The van der Waals surface area contributed by atoms with Crippen molar-refractivity contribution in [1.29, 1.82) is 0 Å². The van der Waals surface area contributed by atoms with Crippen molar-refractivity contribution >= 4 is 39.6 Å². The monoisotopic (exact) mass is 444 g/mol. The summed E-state index contributed by atoms with van der Waals surface area (Å²) in [6.45, 7) is 0. The molecule has 9 heteroatoms. The van der Waals surface area contributed by atoms with E-state index < -0.39 is 10.0 Å². The lowest BCUT2D eigenvalue weighted by Crippen LogP contribution is -2.15. The molecule has 0 saturated carbocycles. The van der Waals surface area contributed by atoms with E-state index >= 15 is 0 Å². The van der Waals surface area contributed by atoms with E-state index in [0.717, 1.165) is 0 Å². The van der Waals surface area contributed by atoms with Gasteiger partial charge >= 0.3 is 0 Å². The molecule has 1 amide bonds. The van der Waals surface area contributed by atoms with E-state index in [1.54, 1.807) is 69.0 Å². The first-order chi connectivity index (χ1) is 14.3. The lowest BCUT2D eigenvalue weighted by atomic mass is 10.1. The second-order valence-electron chi connectivity index (χ2n) is 6.79. The van der Waals surface area contributed by atoms with E-state index in [2.05, 4.69) is 14.7 Å². The first-order valence-electron chi connectivity index (χ1n) is 9.03. The molecule has 0 atom stereocenters. The Bertz CT molecular complexity index is 1170. The van der Waals surface area contributed by atoms with E-state index in [1.165, 1.54) is 17.3 Å². The van der Waals surface area contributed by atoms with Gasteiger partial charge in [-0.3, -0.25) is 4.79 Å². The quantitative estimate of drug-likeness (QED) is 0.428. The van der Waals surface area contributed by atoms with Gasteiger partial charge in [0.15, 0.2) is 0 Å². The smallest absolute Gasteiger partial charge is 0.284 e. The van der Waals surface area contributed by atoms with E-state index in [9.17, 15) is 13.2 Å². The molecule has 0 unspecified atom stereocenters. The van der Waals surface area contributed by atoms with Gasteiger partial charge in [0.25, 0.3) is 10.0 Å². The van der Waals surface area contributed by atoms with Crippen LogP contribution in [0.25, 0.3) is 11.1 Å². The maximum absolute atomic E-state index is 12.9. The fraction of sp³-hybridized carbons (Fsp3) is 0.143. The number of nitrogens with one attached hydrogen (secondary N) is 2. The van der Waals surface area contributed by atoms with Crippen LogP contribution in [0.1, 0.15) is 5.56 Å². The molecule has 2 N–H and O–H groups in total. The van der Waals surface area contributed by atoms with E-state index in [4.69, 9.17) is 11.6 Å². The molecule has 2 aromatic carbocycles. The number of aromatic amines is 1. The summed E-state index contributed by atoms with van der Waals surface area (Å²) in [5.41, 5.74) is 2.22. The number of rotatable bonds is 7. The minimum atomic E-state index is -3.99. The number of benzene rings is 2. The fourth-order valence-corrected chi connectivity index (χ4v) is 4.14. The molecule has 3 rings (SSSR count). The topological polar surface area (TPSA) is 94.6 Å². The number of hydrogen-bond donors (Lipinski definition) is 2. The normalized spacial score (nSPS) is 11.6. The zero-order valence-electron chi connectivity index (χ0n) is 16.5. The number of amides is 1. The number of sulfonamides is 1. The Kier molecular flexibility index (Phi) is 6.59. The van der Waals surface area contributed by atoms with Crippen molar-refractivity contribution in [3.8, 4) is 11.1 Å². The van der Waals surface area contributed by atoms with Gasteiger partial charge in [-0.05, 0) is 29.8 Å². The third kappa shape index (κ3) is 5.28. The molecule has 1 aromatic heterocycles. The second-order valence-corrected chi connectivity index (χ2v) is 8.79. The molecule has 7 nitrogen and oxygen atoms in total. The number of aromatic nitrogens is 1. The number of H-pyrrole nitrogens is 1. The van der Waals surface area contributed by atoms with Gasteiger partial charge in [-0.2, -0.15) is 8.42 Å². The lowest BCUT2D eigenvalue weighted by molar-refractivity contribution is -0.115. The molecule has 0 spiro atoms. The van der Waals surface area contributed by atoms with E-state index in [-0.39, 0.29) is 17.2 Å². The number of anilines is 1. The molecular formula is C21H21ClN4O3S. The SMILES string of the molecule is CN(C)/C=N/S(=O)(=O)c1cc(NC(=O)Cc2ccccc2Cl)ccc1-c1cc[nH]c1. The summed E-state index contributed by atoms with van der Waals surface area (Å²) in [5.74, 6) is -0.308. The van der Waals surface area contributed by atoms with Gasteiger partial charge in [-0.1, -0.05) is 35.9 Å². The van der Waals surface area contributed by atoms with Gasteiger partial charge in [-0.25, -0.2) is 0 Å². The zero-order valence-corrected chi connectivity index (χ0v) is 18.0. The number of halogens is 1. The van der Waals surface area contributed by atoms with Gasteiger partial charge in [0, 0.05) is 48.3 Å². The third-order valence-electron chi connectivity index (χ3n) is 4.18. The van der Waals surface area contributed by atoms with Crippen molar-refractivity contribution in [2.75, 3.05) is 19.4 Å². The van der Waals surface area contributed by atoms with Crippen molar-refractivity contribution in [2.24, 2.45) is 4.40 Å². The molecule has 0 aliphatic heterocycles. The van der Waals surface area contributed by atoms with Crippen molar-refractivity contribution < 1.29 is 13.2 Å². The highest BCUT2D eigenvalue weighted by atomic mass is 35.5. The lowest BCUT2D eigenvalue weighted by Gasteiger charge is -2.12. The maximum Gasteiger partial charge on any atom is 0.284 e. The second kappa shape index (κ2) is 9.15. The number of nitrogens with zero attached hydrogens (tertiary/aromatic N) is 2. The summed E-state index contributed by atoms with van der Waals surface area (Å²) in [6, 6.07) is 13.5. The highest BCUT2D eigenvalue weighted by molar-refractivity contribution is 7.90. The fourth-order valence-electron chi connectivity index (χ4n) is 2.78. The number of carbonyl (C=O) groups is 1. The molecule has 156 valence electrons. The first kappa shape index (κ1) is 21.6.